The monoisotopic (exact) mass is 257 g/mol. The number of nitrogen functional groups attached to an aromatic ring is 1. The molecule has 0 aliphatic carbocycles. The van der Waals surface area contributed by atoms with Gasteiger partial charge in [-0.3, -0.25) is 4.79 Å². The maximum absolute atomic E-state index is 12.5. The van der Waals surface area contributed by atoms with Crippen LogP contribution in [0.4, 0.5) is 5.69 Å². The molecule has 0 radical (unpaired) electrons. The van der Waals surface area contributed by atoms with Gasteiger partial charge < -0.3 is 15.2 Å². The van der Waals surface area contributed by atoms with Crippen molar-refractivity contribution in [3.63, 3.8) is 0 Å². The number of hydrogen-bond donors (Lipinski definition) is 1. The fourth-order valence-electron chi connectivity index (χ4n) is 1.84. The number of benzene rings is 2. The molecule has 0 aromatic heterocycles. The molecule has 2 aromatic carbocycles. The Kier molecular flexibility index (Phi) is 3.71. The SMILES string of the molecule is COc1ccc(N)c(C(=O)c2ccccc2OC)c1. The van der Waals surface area contributed by atoms with Gasteiger partial charge in [0.2, 0.25) is 0 Å². The smallest absolute Gasteiger partial charge is 0.198 e. The fourth-order valence-corrected chi connectivity index (χ4v) is 1.84. The fraction of sp³-hybridized carbons (Fsp3) is 0.133. The molecule has 0 bridgehead atoms. The van der Waals surface area contributed by atoms with E-state index in [1.54, 1.807) is 43.5 Å². The number of methoxy groups -OCH3 is 2. The van der Waals surface area contributed by atoms with Gasteiger partial charge in [-0.25, -0.2) is 0 Å². The summed E-state index contributed by atoms with van der Waals surface area (Å²) in [6.45, 7) is 0. The molecule has 0 heterocycles. The molecule has 0 fully saturated rings. The van der Waals surface area contributed by atoms with Crippen LogP contribution in [0.5, 0.6) is 11.5 Å². The van der Waals surface area contributed by atoms with Gasteiger partial charge in [-0.05, 0) is 30.3 Å². The lowest BCUT2D eigenvalue weighted by molar-refractivity contribution is 0.103. The second-order valence-electron chi connectivity index (χ2n) is 3.98. The Hall–Kier alpha value is -2.49. The summed E-state index contributed by atoms with van der Waals surface area (Å²) < 4.78 is 10.3. The molecular formula is C15H15NO3. The lowest BCUT2D eigenvalue weighted by Gasteiger charge is -2.10. The standard InChI is InChI=1S/C15H15NO3/c1-18-10-7-8-13(16)12(9-10)15(17)11-5-3-4-6-14(11)19-2/h3-9H,16H2,1-2H3. The molecule has 98 valence electrons. The molecule has 0 atom stereocenters. The van der Waals surface area contributed by atoms with E-state index >= 15 is 0 Å². The second kappa shape index (κ2) is 5.44. The van der Waals surface area contributed by atoms with Crippen LogP contribution in [0, 0.1) is 0 Å². The van der Waals surface area contributed by atoms with E-state index in [2.05, 4.69) is 0 Å². The Labute approximate surface area is 111 Å². The van der Waals surface area contributed by atoms with Crippen molar-refractivity contribution in [3.05, 3.63) is 53.6 Å². The van der Waals surface area contributed by atoms with Crippen LogP contribution in [0.3, 0.4) is 0 Å². The van der Waals surface area contributed by atoms with Crippen molar-refractivity contribution in [2.75, 3.05) is 20.0 Å². The minimum absolute atomic E-state index is 0.186. The van der Waals surface area contributed by atoms with Gasteiger partial charge in [-0.2, -0.15) is 0 Å². The van der Waals surface area contributed by atoms with Crippen molar-refractivity contribution in [3.8, 4) is 11.5 Å². The quantitative estimate of drug-likeness (QED) is 0.675. The highest BCUT2D eigenvalue weighted by atomic mass is 16.5. The number of rotatable bonds is 4. The Morgan fingerprint density at radius 2 is 1.74 bits per heavy atom. The highest BCUT2D eigenvalue weighted by Crippen LogP contribution is 2.26. The van der Waals surface area contributed by atoms with Crippen LogP contribution in [0.1, 0.15) is 15.9 Å². The number of carbonyl (C=O) groups is 1. The molecule has 2 rings (SSSR count). The van der Waals surface area contributed by atoms with E-state index < -0.39 is 0 Å². The van der Waals surface area contributed by atoms with Gasteiger partial charge in [0.15, 0.2) is 5.78 Å². The Bertz CT molecular complexity index is 608. The van der Waals surface area contributed by atoms with Crippen LogP contribution in [0.15, 0.2) is 42.5 Å². The number of ketones is 1. The highest BCUT2D eigenvalue weighted by Gasteiger charge is 2.17. The third-order valence-electron chi connectivity index (χ3n) is 2.86. The topological polar surface area (TPSA) is 61.5 Å². The summed E-state index contributed by atoms with van der Waals surface area (Å²) in [5.74, 6) is 0.927. The summed E-state index contributed by atoms with van der Waals surface area (Å²) in [6, 6.07) is 12.0. The lowest BCUT2D eigenvalue weighted by Crippen LogP contribution is -2.07. The zero-order chi connectivity index (χ0) is 13.8. The molecular weight excluding hydrogens is 242 g/mol. The largest absolute Gasteiger partial charge is 0.497 e. The number of ether oxygens (including phenoxy) is 2. The minimum atomic E-state index is -0.186. The second-order valence-corrected chi connectivity index (χ2v) is 3.98. The maximum Gasteiger partial charge on any atom is 0.198 e. The first-order valence-electron chi connectivity index (χ1n) is 5.78. The lowest BCUT2D eigenvalue weighted by atomic mass is 10.0. The molecule has 2 N–H and O–H groups in total. The molecule has 0 saturated carbocycles. The van der Waals surface area contributed by atoms with Crippen molar-refractivity contribution in [1.82, 2.24) is 0 Å². The molecule has 0 amide bonds. The van der Waals surface area contributed by atoms with E-state index in [1.165, 1.54) is 7.11 Å². The Balaban J connectivity index is 2.49. The van der Waals surface area contributed by atoms with E-state index in [4.69, 9.17) is 15.2 Å². The van der Waals surface area contributed by atoms with Crippen LogP contribution in [-0.4, -0.2) is 20.0 Å². The van der Waals surface area contributed by atoms with Crippen molar-refractivity contribution in [2.45, 2.75) is 0 Å². The Morgan fingerprint density at radius 1 is 1.00 bits per heavy atom. The molecule has 0 aliphatic rings. The first kappa shape index (κ1) is 13.0. The minimum Gasteiger partial charge on any atom is -0.497 e. The van der Waals surface area contributed by atoms with Crippen LogP contribution < -0.4 is 15.2 Å². The molecule has 0 aliphatic heterocycles. The van der Waals surface area contributed by atoms with E-state index in [0.717, 1.165) is 0 Å². The predicted octanol–water partition coefficient (Wildman–Crippen LogP) is 2.52. The third-order valence-corrected chi connectivity index (χ3v) is 2.86. The average molecular weight is 257 g/mol. The molecule has 19 heavy (non-hydrogen) atoms. The normalized spacial score (nSPS) is 10.0. The maximum atomic E-state index is 12.5. The predicted molar refractivity (Wildman–Crippen MR) is 73.8 cm³/mol. The first-order valence-corrected chi connectivity index (χ1v) is 5.78. The highest BCUT2D eigenvalue weighted by molar-refractivity contribution is 6.13. The number of para-hydroxylation sites is 1. The van der Waals surface area contributed by atoms with Gasteiger partial charge in [0.1, 0.15) is 11.5 Å². The van der Waals surface area contributed by atoms with Crippen molar-refractivity contribution < 1.29 is 14.3 Å². The van der Waals surface area contributed by atoms with E-state index in [-0.39, 0.29) is 5.78 Å². The van der Waals surface area contributed by atoms with Crippen LogP contribution in [0.2, 0.25) is 0 Å². The van der Waals surface area contributed by atoms with E-state index in [9.17, 15) is 4.79 Å². The van der Waals surface area contributed by atoms with Crippen molar-refractivity contribution >= 4 is 11.5 Å². The summed E-state index contributed by atoms with van der Waals surface area (Å²) >= 11 is 0. The molecule has 0 saturated heterocycles. The number of nitrogens with two attached hydrogens (primary N) is 1. The van der Waals surface area contributed by atoms with Gasteiger partial charge in [0.25, 0.3) is 0 Å². The third kappa shape index (κ3) is 2.52. The molecule has 0 unspecified atom stereocenters. The summed E-state index contributed by atoms with van der Waals surface area (Å²) in [4.78, 5) is 12.5. The van der Waals surface area contributed by atoms with Crippen molar-refractivity contribution in [1.29, 1.82) is 0 Å². The average Bonchev–Trinajstić information content (AvgIpc) is 2.47. The van der Waals surface area contributed by atoms with Gasteiger partial charge in [0, 0.05) is 11.3 Å². The summed E-state index contributed by atoms with van der Waals surface area (Å²) in [7, 11) is 3.07. The molecule has 0 spiro atoms. The summed E-state index contributed by atoms with van der Waals surface area (Å²) in [5, 5.41) is 0. The van der Waals surface area contributed by atoms with Gasteiger partial charge >= 0.3 is 0 Å². The number of hydrogen-bond acceptors (Lipinski definition) is 4. The molecule has 4 heteroatoms. The van der Waals surface area contributed by atoms with E-state index in [1.807, 2.05) is 6.07 Å². The summed E-state index contributed by atoms with van der Waals surface area (Å²) in [6.07, 6.45) is 0. The van der Waals surface area contributed by atoms with Crippen molar-refractivity contribution in [2.24, 2.45) is 0 Å². The Morgan fingerprint density at radius 3 is 2.42 bits per heavy atom. The molecule has 4 nitrogen and oxygen atoms in total. The number of carbonyl (C=O) groups excluding carboxylic acids is 1. The first-order chi connectivity index (χ1) is 9.17. The number of anilines is 1. The van der Waals surface area contributed by atoms with Crippen LogP contribution in [-0.2, 0) is 0 Å². The van der Waals surface area contributed by atoms with Crippen LogP contribution >= 0.6 is 0 Å². The van der Waals surface area contributed by atoms with Gasteiger partial charge in [-0.1, -0.05) is 12.1 Å². The summed E-state index contributed by atoms with van der Waals surface area (Å²) in [5.41, 5.74) is 7.15. The van der Waals surface area contributed by atoms with Gasteiger partial charge in [0.05, 0.1) is 19.8 Å². The zero-order valence-corrected chi connectivity index (χ0v) is 10.8. The van der Waals surface area contributed by atoms with Crippen LogP contribution in [0.25, 0.3) is 0 Å². The van der Waals surface area contributed by atoms with Gasteiger partial charge in [-0.15, -0.1) is 0 Å². The molecule has 2 aromatic rings. The zero-order valence-electron chi connectivity index (χ0n) is 10.8. The van der Waals surface area contributed by atoms with E-state index in [0.29, 0.717) is 28.3 Å².